The van der Waals surface area contributed by atoms with E-state index in [0.717, 1.165) is 6.42 Å². The molecule has 1 unspecified atom stereocenters. The molecule has 0 aliphatic heterocycles. The van der Waals surface area contributed by atoms with Crippen LogP contribution in [0.4, 0.5) is 0 Å². The summed E-state index contributed by atoms with van der Waals surface area (Å²) in [6.07, 6.45) is 0.865. The topological polar surface area (TPSA) is 9.23 Å². The molecule has 0 aromatic carbocycles. The Kier molecular flexibility index (Phi) is 6.11. The van der Waals surface area contributed by atoms with Crippen molar-refractivity contribution in [2.45, 2.75) is 37.6 Å². The third-order valence-electron chi connectivity index (χ3n) is 1.66. The second-order valence-corrected chi connectivity index (χ2v) is 11.9. The lowest BCUT2D eigenvalue weighted by atomic mass is 10.6. The lowest BCUT2D eigenvalue weighted by Crippen LogP contribution is -2.44. The standard InChI is InChI=1S/C7H18Cl2OSi2/c1-11(2)10-12(3,4)7(9)5-6-8/h7,11H,5-6H2,1-4H3. The lowest BCUT2D eigenvalue weighted by Gasteiger charge is -2.29. The van der Waals surface area contributed by atoms with E-state index in [1.807, 2.05) is 0 Å². The Morgan fingerprint density at radius 3 is 2.25 bits per heavy atom. The van der Waals surface area contributed by atoms with Crippen molar-refractivity contribution in [1.29, 1.82) is 0 Å². The molecule has 5 heteroatoms. The summed E-state index contributed by atoms with van der Waals surface area (Å²) in [6, 6.07) is 0. The Bertz CT molecular complexity index is 131. The first kappa shape index (κ1) is 13.0. The van der Waals surface area contributed by atoms with E-state index < -0.39 is 17.4 Å². The van der Waals surface area contributed by atoms with Crippen molar-refractivity contribution in [3.8, 4) is 0 Å². The van der Waals surface area contributed by atoms with Crippen LogP contribution in [-0.2, 0) is 4.12 Å². The summed E-state index contributed by atoms with van der Waals surface area (Å²) in [6.45, 7) is 8.70. The predicted octanol–water partition coefficient (Wildman–Crippen LogP) is 2.97. The van der Waals surface area contributed by atoms with Crippen LogP contribution in [0.15, 0.2) is 0 Å². The zero-order chi connectivity index (χ0) is 9.78. The smallest absolute Gasteiger partial charge is 0.191 e. The molecular weight excluding hydrogens is 227 g/mol. The number of hydrogen-bond acceptors (Lipinski definition) is 1. The maximum absolute atomic E-state index is 6.19. The van der Waals surface area contributed by atoms with E-state index in [-0.39, 0.29) is 5.00 Å². The van der Waals surface area contributed by atoms with Gasteiger partial charge in [-0.2, -0.15) is 0 Å². The molecule has 74 valence electrons. The molecule has 0 aromatic rings. The Hall–Kier alpha value is 0.974. The second-order valence-electron chi connectivity index (χ2n) is 3.72. The Balaban J connectivity index is 3.99. The fraction of sp³-hybridized carbons (Fsp3) is 1.00. The minimum Gasteiger partial charge on any atom is -0.457 e. The molecule has 0 aliphatic rings. The monoisotopic (exact) mass is 244 g/mol. The van der Waals surface area contributed by atoms with Crippen molar-refractivity contribution in [3.63, 3.8) is 0 Å². The van der Waals surface area contributed by atoms with E-state index in [9.17, 15) is 0 Å². The van der Waals surface area contributed by atoms with Crippen LogP contribution < -0.4 is 0 Å². The van der Waals surface area contributed by atoms with E-state index in [1.165, 1.54) is 0 Å². The van der Waals surface area contributed by atoms with Crippen molar-refractivity contribution in [3.05, 3.63) is 0 Å². The number of hydrogen-bond donors (Lipinski definition) is 0. The molecular formula is C7H18Cl2OSi2. The summed E-state index contributed by atoms with van der Waals surface area (Å²) >= 11 is 11.8. The Labute approximate surface area is 88.3 Å². The van der Waals surface area contributed by atoms with Gasteiger partial charge in [0.2, 0.25) is 0 Å². The molecule has 0 heterocycles. The van der Waals surface area contributed by atoms with Gasteiger partial charge in [0.1, 0.15) is 0 Å². The van der Waals surface area contributed by atoms with Gasteiger partial charge in [-0.25, -0.2) is 0 Å². The van der Waals surface area contributed by atoms with Gasteiger partial charge in [-0.1, -0.05) is 0 Å². The summed E-state index contributed by atoms with van der Waals surface area (Å²) in [4.78, 5) is 0. The van der Waals surface area contributed by atoms with Gasteiger partial charge in [-0.15, -0.1) is 23.2 Å². The van der Waals surface area contributed by atoms with Gasteiger partial charge < -0.3 is 4.12 Å². The Morgan fingerprint density at radius 2 is 1.92 bits per heavy atom. The van der Waals surface area contributed by atoms with Crippen LogP contribution in [0.25, 0.3) is 0 Å². The third kappa shape index (κ3) is 4.87. The predicted molar refractivity (Wildman–Crippen MR) is 62.4 cm³/mol. The zero-order valence-corrected chi connectivity index (χ0v) is 11.9. The molecule has 0 bridgehead atoms. The van der Waals surface area contributed by atoms with E-state index in [4.69, 9.17) is 27.3 Å². The normalized spacial score (nSPS) is 15.2. The van der Waals surface area contributed by atoms with Crippen LogP contribution in [0.5, 0.6) is 0 Å². The van der Waals surface area contributed by atoms with Crippen LogP contribution in [0, 0.1) is 0 Å². The van der Waals surface area contributed by atoms with Gasteiger partial charge in [0.05, 0.1) is 5.00 Å². The molecule has 0 amide bonds. The molecule has 1 nitrogen and oxygen atoms in total. The Morgan fingerprint density at radius 1 is 1.42 bits per heavy atom. The second kappa shape index (κ2) is 5.65. The molecule has 0 spiro atoms. The highest BCUT2D eigenvalue weighted by Crippen LogP contribution is 2.20. The quantitative estimate of drug-likeness (QED) is 0.534. The maximum Gasteiger partial charge on any atom is 0.191 e. The molecule has 0 saturated carbocycles. The molecule has 12 heavy (non-hydrogen) atoms. The molecule has 0 fully saturated rings. The molecule has 0 saturated heterocycles. The van der Waals surface area contributed by atoms with Crippen molar-refractivity contribution in [2.24, 2.45) is 0 Å². The SMILES string of the molecule is C[SiH](C)O[Si](C)(C)C(Cl)CCCl. The van der Waals surface area contributed by atoms with Gasteiger partial charge in [0.25, 0.3) is 0 Å². The minimum absolute atomic E-state index is 0.157. The molecule has 0 aromatic heterocycles. The first-order valence-electron chi connectivity index (χ1n) is 4.28. The summed E-state index contributed by atoms with van der Waals surface area (Å²) in [5.41, 5.74) is 0. The van der Waals surface area contributed by atoms with Crippen LogP contribution >= 0.6 is 23.2 Å². The van der Waals surface area contributed by atoms with E-state index in [2.05, 4.69) is 26.2 Å². The third-order valence-corrected chi connectivity index (χ3v) is 9.78. The molecule has 0 rings (SSSR count). The van der Waals surface area contributed by atoms with Crippen molar-refractivity contribution in [2.75, 3.05) is 5.88 Å². The fourth-order valence-corrected chi connectivity index (χ4v) is 8.50. The maximum atomic E-state index is 6.19. The first-order valence-corrected chi connectivity index (χ1v) is 11.0. The largest absolute Gasteiger partial charge is 0.457 e. The summed E-state index contributed by atoms with van der Waals surface area (Å²) in [7, 11) is -2.59. The van der Waals surface area contributed by atoms with Crippen LogP contribution in [0.2, 0.25) is 26.2 Å². The number of alkyl halides is 2. The lowest BCUT2D eigenvalue weighted by molar-refractivity contribution is 0.563. The molecule has 0 aliphatic carbocycles. The summed E-state index contributed by atoms with van der Waals surface area (Å²) in [5.74, 6) is 0.633. The average Bonchev–Trinajstić information content (AvgIpc) is 1.85. The fourth-order valence-electron chi connectivity index (χ4n) is 1.12. The van der Waals surface area contributed by atoms with Gasteiger partial charge >= 0.3 is 0 Å². The summed E-state index contributed by atoms with van der Waals surface area (Å²) in [5, 5.41) is 0.157. The van der Waals surface area contributed by atoms with Gasteiger partial charge in [-0.3, -0.25) is 0 Å². The van der Waals surface area contributed by atoms with Gasteiger partial charge in [0.15, 0.2) is 17.4 Å². The van der Waals surface area contributed by atoms with Gasteiger partial charge in [-0.05, 0) is 32.6 Å². The highest BCUT2D eigenvalue weighted by Gasteiger charge is 2.32. The molecule has 0 N–H and O–H groups in total. The van der Waals surface area contributed by atoms with E-state index in [1.54, 1.807) is 0 Å². The number of rotatable bonds is 5. The van der Waals surface area contributed by atoms with E-state index >= 15 is 0 Å². The number of halogens is 2. The summed E-state index contributed by atoms with van der Waals surface area (Å²) < 4.78 is 5.94. The van der Waals surface area contributed by atoms with Crippen LogP contribution in [0.1, 0.15) is 6.42 Å². The first-order chi connectivity index (χ1) is 5.40. The zero-order valence-electron chi connectivity index (χ0n) is 8.23. The van der Waals surface area contributed by atoms with Gasteiger partial charge in [0, 0.05) is 5.88 Å². The molecule has 0 radical (unpaired) electrons. The highest BCUT2D eigenvalue weighted by molar-refractivity contribution is 6.84. The highest BCUT2D eigenvalue weighted by atomic mass is 35.5. The van der Waals surface area contributed by atoms with Crippen molar-refractivity contribution >= 4 is 40.6 Å². The van der Waals surface area contributed by atoms with Crippen LogP contribution in [-0.4, -0.2) is 28.2 Å². The average molecular weight is 245 g/mol. The minimum atomic E-state index is -1.65. The van der Waals surface area contributed by atoms with Crippen molar-refractivity contribution < 1.29 is 4.12 Å². The van der Waals surface area contributed by atoms with Crippen LogP contribution in [0.3, 0.4) is 0 Å². The van der Waals surface area contributed by atoms with E-state index in [0.29, 0.717) is 5.88 Å². The van der Waals surface area contributed by atoms with Crippen molar-refractivity contribution in [1.82, 2.24) is 0 Å². The molecule has 1 atom stereocenters.